The zero-order valence-corrected chi connectivity index (χ0v) is 54.6. The molecule has 0 aromatic rings. The van der Waals surface area contributed by atoms with Crippen molar-refractivity contribution in [3.05, 3.63) is 48.6 Å². The summed E-state index contributed by atoms with van der Waals surface area (Å²) in [4.78, 5) is 38.5. The van der Waals surface area contributed by atoms with Crippen LogP contribution in [0.25, 0.3) is 0 Å². The molecular formula is C75H138O6. The number of rotatable bonds is 67. The van der Waals surface area contributed by atoms with Crippen LogP contribution in [0, 0.1) is 0 Å². The molecule has 0 saturated heterocycles. The van der Waals surface area contributed by atoms with Gasteiger partial charge in [-0.1, -0.05) is 339 Å². The first kappa shape index (κ1) is 78.4. The number of unbranched alkanes of at least 4 members (excludes halogenated alkanes) is 48. The summed E-state index contributed by atoms with van der Waals surface area (Å²) in [6.45, 7) is 6.66. The highest BCUT2D eigenvalue weighted by Crippen LogP contribution is 2.18. The summed E-state index contributed by atoms with van der Waals surface area (Å²) in [5.74, 6) is -0.865. The zero-order chi connectivity index (χ0) is 58.5. The number of hydrogen-bond acceptors (Lipinski definition) is 6. The van der Waals surface area contributed by atoms with E-state index in [-0.39, 0.29) is 31.1 Å². The number of carbonyl (C=O) groups excluding carboxylic acids is 3. The summed E-state index contributed by atoms with van der Waals surface area (Å²) in [5, 5.41) is 0. The van der Waals surface area contributed by atoms with E-state index in [1.807, 2.05) is 0 Å². The minimum Gasteiger partial charge on any atom is -0.462 e. The fraction of sp³-hybridized carbons (Fsp3) is 0.853. The zero-order valence-electron chi connectivity index (χ0n) is 54.6. The van der Waals surface area contributed by atoms with Gasteiger partial charge >= 0.3 is 17.9 Å². The number of carbonyl (C=O) groups is 3. The van der Waals surface area contributed by atoms with E-state index in [9.17, 15) is 14.4 Å². The molecule has 1 atom stereocenters. The summed E-state index contributed by atoms with van der Waals surface area (Å²) < 4.78 is 17.0. The average Bonchev–Trinajstić information content (AvgIpc) is 3.47. The van der Waals surface area contributed by atoms with Gasteiger partial charge in [0.1, 0.15) is 13.2 Å². The normalized spacial score (nSPS) is 12.3. The van der Waals surface area contributed by atoms with Crippen molar-refractivity contribution in [1.82, 2.24) is 0 Å². The van der Waals surface area contributed by atoms with Crippen molar-refractivity contribution >= 4 is 17.9 Å². The third-order valence-corrected chi connectivity index (χ3v) is 16.3. The van der Waals surface area contributed by atoms with Gasteiger partial charge in [0.05, 0.1) is 0 Å². The Hall–Kier alpha value is -2.63. The van der Waals surface area contributed by atoms with Gasteiger partial charge in [-0.3, -0.25) is 14.4 Å². The molecule has 0 N–H and O–H groups in total. The van der Waals surface area contributed by atoms with Gasteiger partial charge in [-0.2, -0.15) is 0 Å². The van der Waals surface area contributed by atoms with E-state index in [1.165, 1.54) is 270 Å². The summed E-state index contributed by atoms with van der Waals surface area (Å²) in [6, 6.07) is 0. The molecule has 0 radical (unpaired) electrons. The molecule has 0 aliphatic heterocycles. The number of ether oxygens (including phenoxy) is 3. The van der Waals surface area contributed by atoms with E-state index in [0.29, 0.717) is 19.3 Å². The van der Waals surface area contributed by atoms with Gasteiger partial charge in [-0.25, -0.2) is 0 Å². The van der Waals surface area contributed by atoms with Crippen LogP contribution >= 0.6 is 0 Å². The molecule has 0 fully saturated rings. The number of allylic oxidation sites excluding steroid dienone is 8. The van der Waals surface area contributed by atoms with Crippen LogP contribution in [0.3, 0.4) is 0 Å². The molecule has 0 heterocycles. The lowest BCUT2D eigenvalue weighted by atomic mass is 10.0. The second-order valence-corrected chi connectivity index (χ2v) is 24.5. The summed E-state index contributed by atoms with van der Waals surface area (Å²) in [6.07, 6.45) is 88.6. The predicted octanol–water partition coefficient (Wildman–Crippen LogP) is 24.9. The van der Waals surface area contributed by atoms with Gasteiger partial charge in [0, 0.05) is 19.3 Å². The Bertz CT molecular complexity index is 1400. The molecule has 6 nitrogen and oxygen atoms in total. The average molecular weight is 1140 g/mol. The fourth-order valence-electron chi connectivity index (χ4n) is 10.9. The molecule has 0 aromatic carbocycles. The quantitative estimate of drug-likeness (QED) is 0.0261. The Morgan fingerprint density at radius 2 is 0.444 bits per heavy atom. The Balaban J connectivity index is 4.25. The third kappa shape index (κ3) is 68.0. The first-order valence-electron chi connectivity index (χ1n) is 36.1. The Kier molecular flexibility index (Phi) is 67.6. The second kappa shape index (κ2) is 69.9. The van der Waals surface area contributed by atoms with Gasteiger partial charge in [-0.05, 0) is 83.5 Å². The molecule has 0 saturated carbocycles. The maximum atomic E-state index is 12.9. The molecule has 0 aromatic heterocycles. The molecule has 0 aliphatic carbocycles. The van der Waals surface area contributed by atoms with Gasteiger partial charge < -0.3 is 14.2 Å². The summed E-state index contributed by atoms with van der Waals surface area (Å²) >= 11 is 0. The van der Waals surface area contributed by atoms with Crippen LogP contribution < -0.4 is 0 Å². The van der Waals surface area contributed by atoms with Crippen LogP contribution in [0.15, 0.2) is 48.6 Å². The SMILES string of the molecule is CCCCC/C=C\C/C=C\CCCCCCCCCC(=O)OCC(COC(=O)CCCCCCCCCCCCCCCCCCCCCCCCCCCCCC)OC(=O)CCCCCCCCC/C=C\C/C=C\CCCCCC. The first-order valence-corrected chi connectivity index (χ1v) is 36.1. The van der Waals surface area contributed by atoms with Crippen LogP contribution in [0.1, 0.15) is 393 Å². The molecular weight excluding hydrogens is 997 g/mol. The third-order valence-electron chi connectivity index (χ3n) is 16.3. The molecule has 6 heteroatoms. The van der Waals surface area contributed by atoms with Crippen molar-refractivity contribution in [3.8, 4) is 0 Å². The van der Waals surface area contributed by atoms with Gasteiger partial charge in [0.2, 0.25) is 0 Å². The molecule has 0 bridgehead atoms. The molecule has 0 aliphatic rings. The molecule has 0 spiro atoms. The predicted molar refractivity (Wildman–Crippen MR) is 353 cm³/mol. The van der Waals surface area contributed by atoms with Crippen LogP contribution in [0.5, 0.6) is 0 Å². The standard InChI is InChI=1S/C75H138O6/c1-4-7-10-13-16-19-22-25-28-31-33-34-35-36-37-38-39-40-41-42-45-47-50-53-56-59-62-65-68-74(77)80-71-72(70-79-73(76)67-64-61-58-55-52-49-46-43-30-27-24-21-18-15-12-9-6-3)81-75(78)69-66-63-60-57-54-51-48-44-32-29-26-23-20-17-14-11-8-5-2/h18,20-21,23,27,29-30,32,72H,4-17,19,22,24-26,28,31,33-71H2,1-3H3/b21-18-,23-20-,30-27-,32-29-. The highest BCUT2D eigenvalue weighted by atomic mass is 16.6. The lowest BCUT2D eigenvalue weighted by Crippen LogP contribution is -2.30. The Morgan fingerprint density at radius 1 is 0.247 bits per heavy atom. The topological polar surface area (TPSA) is 78.9 Å². The van der Waals surface area contributed by atoms with Crippen LogP contribution in [0.4, 0.5) is 0 Å². The van der Waals surface area contributed by atoms with Crippen molar-refractivity contribution in [2.24, 2.45) is 0 Å². The summed E-state index contributed by atoms with van der Waals surface area (Å²) in [7, 11) is 0. The lowest BCUT2D eigenvalue weighted by molar-refractivity contribution is -0.167. The Morgan fingerprint density at radius 3 is 0.716 bits per heavy atom. The van der Waals surface area contributed by atoms with E-state index >= 15 is 0 Å². The van der Waals surface area contributed by atoms with Crippen LogP contribution in [-0.2, 0) is 28.6 Å². The van der Waals surface area contributed by atoms with E-state index in [0.717, 1.165) is 83.5 Å². The molecule has 0 rings (SSSR count). The van der Waals surface area contributed by atoms with Crippen molar-refractivity contribution in [2.45, 2.75) is 399 Å². The van der Waals surface area contributed by atoms with Crippen LogP contribution in [-0.4, -0.2) is 37.2 Å². The van der Waals surface area contributed by atoms with Crippen molar-refractivity contribution < 1.29 is 28.6 Å². The second-order valence-electron chi connectivity index (χ2n) is 24.5. The minimum atomic E-state index is -0.781. The van der Waals surface area contributed by atoms with E-state index in [4.69, 9.17) is 14.2 Å². The minimum absolute atomic E-state index is 0.0750. The number of esters is 3. The van der Waals surface area contributed by atoms with Crippen molar-refractivity contribution in [3.63, 3.8) is 0 Å². The first-order chi connectivity index (χ1) is 40.0. The van der Waals surface area contributed by atoms with E-state index < -0.39 is 6.10 Å². The fourth-order valence-corrected chi connectivity index (χ4v) is 10.9. The van der Waals surface area contributed by atoms with E-state index in [2.05, 4.69) is 69.4 Å². The molecule has 81 heavy (non-hydrogen) atoms. The maximum absolute atomic E-state index is 12.9. The van der Waals surface area contributed by atoms with E-state index in [1.54, 1.807) is 0 Å². The van der Waals surface area contributed by atoms with Gasteiger partial charge in [0.15, 0.2) is 6.10 Å². The molecule has 1 unspecified atom stereocenters. The largest absolute Gasteiger partial charge is 0.462 e. The van der Waals surface area contributed by atoms with Crippen molar-refractivity contribution in [2.75, 3.05) is 13.2 Å². The van der Waals surface area contributed by atoms with Crippen LogP contribution in [0.2, 0.25) is 0 Å². The monoisotopic (exact) mass is 1140 g/mol. The highest BCUT2D eigenvalue weighted by Gasteiger charge is 2.19. The van der Waals surface area contributed by atoms with Gasteiger partial charge in [0.25, 0.3) is 0 Å². The molecule has 474 valence electrons. The van der Waals surface area contributed by atoms with Crippen molar-refractivity contribution in [1.29, 1.82) is 0 Å². The Labute approximate surface area is 505 Å². The maximum Gasteiger partial charge on any atom is 0.306 e. The number of hydrogen-bond donors (Lipinski definition) is 0. The molecule has 0 amide bonds. The highest BCUT2D eigenvalue weighted by molar-refractivity contribution is 5.71. The lowest BCUT2D eigenvalue weighted by Gasteiger charge is -2.18. The summed E-state index contributed by atoms with van der Waals surface area (Å²) in [5.41, 5.74) is 0. The van der Waals surface area contributed by atoms with Gasteiger partial charge in [-0.15, -0.1) is 0 Å². The smallest absolute Gasteiger partial charge is 0.306 e.